The number of carbonyl (C=O) groups is 2. The molecule has 0 aliphatic heterocycles. The van der Waals surface area contributed by atoms with Gasteiger partial charge in [-0.05, 0) is 79.2 Å². The number of methoxy groups -OCH3 is 1. The molecule has 41 heavy (non-hydrogen) atoms. The van der Waals surface area contributed by atoms with Gasteiger partial charge in [0.15, 0.2) is 0 Å². The van der Waals surface area contributed by atoms with Crippen molar-refractivity contribution < 1.29 is 28.5 Å². The summed E-state index contributed by atoms with van der Waals surface area (Å²) < 4.78 is 21.8. The second-order valence-electron chi connectivity index (χ2n) is 10.2. The molecule has 0 aromatic heterocycles. The van der Waals surface area contributed by atoms with Crippen LogP contribution in [0.4, 0.5) is 0 Å². The van der Waals surface area contributed by atoms with Crippen LogP contribution in [0.15, 0.2) is 72.8 Å². The van der Waals surface area contributed by atoms with Crippen molar-refractivity contribution in [1.82, 2.24) is 0 Å². The number of ether oxygens (including phenoxy) is 4. The quantitative estimate of drug-likeness (QED) is 0.0827. The monoisotopic (exact) mass is 560 g/mol. The SMILES string of the molecule is CCCCCCCCCCCCCCOc1ccc(C(=O)Oc2ccc(OC(=O)c3ccc(OC)cc3)cc2)cc1. The summed E-state index contributed by atoms with van der Waals surface area (Å²) in [5.41, 5.74) is 0.834. The molecule has 3 aromatic rings. The third-order valence-corrected chi connectivity index (χ3v) is 6.93. The summed E-state index contributed by atoms with van der Waals surface area (Å²) in [5.74, 6) is 1.14. The fraction of sp³-hybridized carbons (Fsp3) is 0.429. The van der Waals surface area contributed by atoms with Gasteiger partial charge in [0.25, 0.3) is 0 Å². The molecule has 3 aromatic carbocycles. The van der Waals surface area contributed by atoms with E-state index in [9.17, 15) is 9.59 Å². The van der Waals surface area contributed by atoms with Crippen LogP contribution in [0.2, 0.25) is 0 Å². The zero-order valence-electron chi connectivity index (χ0n) is 24.6. The minimum atomic E-state index is -0.487. The van der Waals surface area contributed by atoms with Crippen molar-refractivity contribution in [3.8, 4) is 23.0 Å². The molecule has 6 heteroatoms. The maximum absolute atomic E-state index is 12.6. The van der Waals surface area contributed by atoms with Crippen LogP contribution < -0.4 is 18.9 Å². The molecule has 0 saturated heterocycles. The van der Waals surface area contributed by atoms with E-state index in [1.165, 1.54) is 70.6 Å². The zero-order valence-corrected chi connectivity index (χ0v) is 24.6. The van der Waals surface area contributed by atoms with Crippen molar-refractivity contribution >= 4 is 11.9 Å². The first-order valence-electron chi connectivity index (χ1n) is 15.0. The maximum atomic E-state index is 12.6. The molecule has 6 nitrogen and oxygen atoms in total. The molecule has 0 N–H and O–H groups in total. The number of hydrogen-bond acceptors (Lipinski definition) is 6. The molecule has 0 radical (unpaired) electrons. The van der Waals surface area contributed by atoms with Crippen molar-refractivity contribution in [1.29, 1.82) is 0 Å². The Hall–Kier alpha value is -3.80. The van der Waals surface area contributed by atoms with E-state index >= 15 is 0 Å². The lowest BCUT2D eigenvalue weighted by Crippen LogP contribution is -2.09. The zero-order chi connectivity index (χ0) is 29.1. The van der Waals surface area contributed by atoms with Crippen LogP contribution in [0.5, 0.6) is 23.0 Å². The van der Waals surface area contributed by atoms with Gasteiger partial charge in [-0.3, -0.25) is 0 Å². The van der Waals surface area contributed by atoms with E-state index in [1.54, 1.807) is 79.9 Å². The van der Waals surface area contributed by atoms with Crippen LogP contribution in [-0.2, 0) is 0 Å². The number of unbranched alkanes of at least 4 members (excludes halogenated alkanes) is 11. The van der Waals surface area contributed by atoms with Crippen LogP contribution in [0.3, 0.4) is 0 Å². The Morgan fingerprint density at radius 3 is 1.27 bits per heavy atom. The van der Waals surface area contributed by atoms with Gasteiger partial charge < -0.3 is 18.9 Å². The highest BCUT2D eigenvalue weighted by atomic mass is 16.5. The summed E-state index contributed by atoms with van der Waals surface area (Å²) in [6, 6.07) is 20.0. The summed E-state index contributed by atoms with van der Waals surface area (Å²) in [6.07, 6.45) is 15.7. The molecule has 0 saturated carbocycles. The molecular formula is C35H44O6. The van der Waals surface area contributed by atoms with E-state index in [-0.39, 0.29) is 0 Å². The number of carbonyl (C=O) groups excluding carboxylic acids is 2. The Kier molecular flexibility index (Phi) is 14.3. The van der Waals surface area contributed by atoms with Gasteiger partial charge in [0.2, 0.25) is 0 Å². The van der Waals surface area contributed by atoms with Gasteiger partial charge in [0.1, 0.15) is 23.0 Å². The fourth-order valence-corrected chi connectivity index (χ4v) is 4.46. The highest BCUT2D eigenvalue weighted by Crippen LogP contribution is 2.21. The van der Waals surface area contributed by atoms with Gasteiger partial charge in [0, 0.05) is 0 Å². The molecule has 0 bridgehead atoms. The molecule has 0 unspecified atom stereocenters. The maximum Gasteiger partial charge on any atom is 0.343 e. The van der Waals surface area contributed by atoms with Crippen LogP contribution >= 0.6 is 0 Å². The lowest BCUT2D eigenvalue weighted by Gasteiger charge is -2.09. The van der Waals surface area contributed by atoms with Gasteiger partial charge >= 0.3 is 11.9 Å². The molecule has 0 aliphatic carbocycles. The van der Waals surface area contributed by atoms with Crippen molar-refractivity contribution in [3.05, 3.63) is 83.9 Å². The van der Waals surface area contributed by atoms with E-state index in [1.807, 2.05) is 0 Å². The highest BCUT2D eigenvalue weighted by Gasteiger charge is 2.11. The van der Waals surface area contributed by atoms with Gasteiger partial charge in [-0.2, -0.15) is 0 Å². The standard InChI is InChI=1S/C35H44O6/c1-3-4-5-6-7-8-9-10-11-12-13-14-27-39-31-21-17-29(18-22-31)35(37)41-33-25-23-32(24-26-33)40-34(36)28-15-19-30(38-2)20-16-28/h15-26H,3-14,27H2,1-2H3. The van der Waals surface area contributed by atoms with Crippen molar-refractivity contribution in [3.63, 3.8) is 0 Å². The predicted molar refractivity (Wildman–Crippen MR) is 162 cm³/mol. The number of benzene rings is 3. The van der Waals surface area contributed by atoms with Crippen LogP contribution in [-0.4, -0.2) is 25.7 Å². The molecule has 3 rings (SSSR count). The molecule has 0 atom stereocenters. The largest absolute Gasteiger partial charge is 0.497 e. The van der Waals surface area contributed by atoms with E-state index in [2.05, 4.69) is 6.92 Å². The van der Waals surface area contributed by atoms with E-state index in [4.69, 9.17) is 18.9 Å². The molecule has 0 aliphatic rings. The Bertz CT molecular complexity index is 1150. The normalized spacial score (nSPS) is 10.7. The first-order valence-corrected chi connectivity index (χ1v) is 15.0. The topological polar surface area (TPSA) is 71.1 Å². The second kappa shape index (κ2) is 18.5. The number of rotatable bonds is 19. The third kappa shape index (κ3) is 12.1. The predicted octanol–water partition coefficient (Wildman–Crippen LogP) is 9.21. The average Bonchev–Trinajstić information content (AvgIpc) is 3.00. The minimum absolute atomic E-state index is 0.347. The van der Waals surface area contributed by atoms with Gasteiger partial charge in [0.05, 0.1) is 24.8 Å². The highest BCUT2D eigenvalue weighted by molar-refractivity contribution is 5.92. The van der Waals surface area contributed by atoms with E-state index < -0.39 is 11.9 Å². The number of esters is 2. The van der Waals surface area contributed by atoms with Gasteiger partial charge in [-0.15, -0.1) is 0 Å². The Balaban J connectivity index is 1.29. The van der Waals surface area contributed by atoms with Gasteiger partial charge in [-0.1, -0.05) is 77.6 Å². The van der Waals surface area contributed by atoms with Crippen molar-refractivity contribution in [2.45, 2.75) is 84.0 Å². The second-order valence-corrected chi connectivity index (χ2v) is 10.2. The Labute approximate surface area is 245 Å². The Morgan fingerprint density at radius 1 is 0.488 bits per heavy atom. The minimum Gasteiger partial charge on any atom is -0.497 e. The Morgan fingerprint density at radius 2 is 0.854 bits per heavy atom. The smallest absolute Gasteiger partial charge is 0.343 e. The summed E-state index contributed by atoms with van der Waals surface area (Å²) >= 11 is 0. The summed E-state index contributed by atoms with van der Waals surface area (Å²) in [6.45, 7) is 2.94. The lowest BCUT2D eigenvalue weighted by atomic mass is 10.1. The van der Waals surface area contributed by atoms with Gasteiger partial charge in [-0.25, -0.2) is 9.59 Å². The third-order valence-electron chi connectivity index (χ3n) is 6.93. The summed E-state index contributed by atoms with van der Waals surface area (Å²) in [5, 5.41) is 0. The lowest BCUT2D eigenvalue weighted by molar-refractivity contribution is 0.0719. The van der Waals surface area contributed by atoms with E-state index in [0.717, 1.165) is 12.2 Å². The fourth-order valence-electron chi connectivity index (χ4n) is 4.46. The van der Waals surface area contributed by atoms with Crippen LogP contribution in [0, 0.1) is 0 Å². The van der Waals surface area contributed by atoms with Crippen molar-refractivity contribution in [2.75, 3.05) is 13.7 Å². The molecule has 220 valence electrons. The molecule has 0 spiro atoms. The summed E-state index contributed by atoms with van der Waals surface area (Å²) in [7, 11) is 1.56. The molecule has 0 fully saturated rings. The van der Waals surface area contributed by atoms with E-state index in [0.29, 0.717) is 35.0 Å². The van der Waals surface area contributed by atoms with Crippen molar-refractivity contribution in [2.24, 2.45) is 0 Å². The average molecular weight is 561 g/mol. The van der Waals surface area contributed by atoms with Crippen LogP contribution in [0.1, 0.15) is 105 Å². The molecular weight excluding hydrogens is 516 g/mol. The first kappa shape index (κ1) is 31.7. The molecule has 0 heterocycles. The molecule has 0 amide bonds. The number of hydrogen-bond donors (Lipinski definition) is 0. The summed E-state index contributed by atoms with van der Waals surface area (Å²) in [4.78, 5) is 24.9. The first-order chi connectivity index (χ1) is 20.1. The van der Waals surface area contributed by atoms with Crippen LogP contribution in [0.25, 0.3) is 0 Å².